The first kappa shape index (κ1) is 33.1. The molecular formula is C55H34N2S. The standard InChI is InChI=1S/C55H34N2S/c1-3-16-38(17-4-1)49-34-50(39-18-5-2-6-19-39)57-54(56-49)40-28-26-37(27-29-40)41-23-13-25-46-51(41)44-22-11-12-24-45(44)55(46)47-32-30-35-14-7-9-20-42(35)52(47)58-53-43-21-10-8-15-36(43)31-33-48(53)55/h1-34H. The molecule has 3 heteroatoms. The summed E-state index contributed by atoms with van der Waals surface area (Å²) in [5.74, 6) is 0.710. The SMILES string of the molecule is c1ccc(-c2cc(-c3ccccc3)nc(-c3ccc(-c4cccc5c4-c4ccccc4C54c5ccc6ccccc6c5Sc5c4ccc4ccccc54)cc3)n2)cc1. The second-order valence-electron chi connectivity index (χ2n) is 15.2. The average Bonchev–Trinajstić information content (AvgIpc) is 3.60. The van der Waals surface area contributed by atoms with Gasteiger partial charge in [0.05, 0.1) is 16.8 Å². The van der Waals surface area contributed by atoms with Crippen LogP contribution in [0.15, 0.2) is 216 Å². The van der Waals surface area contributed by atoms with Crippen LogP contribution in [0.3, 0.4) is 0 Å². The molecule has 270 valence electrons. The summed E-state index contributed by atoms with van der Waals surface area (Å²) in [6.07, 6.45) is 0. The van der Waals surface area contributed by atoms with Gasteiger partial charge in [0, 0.05) is 26.5 Å². The molecule has 2 nitrogen and oxygen atoms in total. The third-order valence-electron chi connectivity index (χ3n) is 12.2. The van der Waals surface area contributed by atoms with E-state index in [0.717, 1.165) is 33.6 Å². The molecule has 2 heterocycles. The van der Waals surface area contributed by atoms with Crippen LogP contribution in [-0.2, 0) is 5.41 Å². The molecule has 1 aromatic heterocycles. The molecule has 0 amide bonds. The summed E-state index contributed by atoms with van der Waals surface area (Å²) in [7, 11) is 0. The maximum absolute atomic E-state index is 5.12. The Morgan fingerprint density at radius 1 is 0.345 bits per heavy atom. The zero-order valence-corrected chi connectivity index (χ0v) is 32.2. The van der Waals surface area contributed by atoms with Gasteiger partial charge in [0.1, 0.15) is 0 Å². The Morgan fingerprint density at radius 3 is 1.47 bits per heavy atom. The maximum atomic E-state index is 5.12. The summed E-state index contributed by atoms with van der Waals surface area (Å²) >= 11 is 1.94. The van der Waals surface area contributed by atoms with Crippen molar-refractivity contribution in [1.82, 2.24) is 9.97 Å². The fraction of sp³-hybridized carbons (Fsp3) is 0.0182. The quantitative estimate of drug-likeness (QED) is 0.179. The topological polar surface area (TPSA) is 25.8 Å². The third-order valence-corrected chi connectivity index (χ3v) is 13.4. The minimum absolute atomic E-state index is 0.495. The maximum Gasteiger partial charge on any atom is 0.160 e. The van der Waals surface area contributed by atoms with Crippen molar-refractivity contribution in [1.29, 1.82) is 0 Å². The zero-order chi connectivity index (χ0) is 38.2. The van der Waals surface area contributed by atoms with Gasteiger partial charge in [-0.2, -0.15) is 0 Å². The first-order valence-electron chi connectivity index (χ1n) is 19.8. The normalized spacial score (nSPS) is 13.2. The molecule has 0 radical (unpaired) electrons. The van der Waals surface area contributed by atoms with Crippen molar-refractivity contribution < 1.29 is 0 Å². The molecule has 0 atom stereocenters. The minimum Gasteiger partial charge on any atom is -0.228 e. The van der Waals surface area contributed by atoms with Crippen LogP contribution >= 0.6 is 11.8 Å². The number of aromatic nitrogens is 2. The van der Waals surface area contributed by atoms with Crippen molar-refractivity contribution in [3.8, 4) is 56.2 Å². The molecular weight excluding hydrogens is 721 g/mol. The van der Waals surface area contributed by atoms with Gasteiger partial charge in [0.2, 0.25) is 0 Å². The molecule has 0 bridgehead atoms. The molecule has 0 unspecified atom stereocenters. The number of rotatable bonds is 4. The number of hydrogen-bond acceptors (Lipinski definition) is 3. The molecule has 9 aromatic carbocycles. The summed E-state index contributed by atoms with van der Waals surface area (Å²) in [4.78, 5) is 12.9. The smallest absolute Gasteiger partial charge is 0.160 e. The predicted octanol–water partition coefficient (Wildman–Crippen LogP) is 14.3. The van der Waals surface area contributed by atoms with Gasteiger partial charge in [0.15, 0.2) is 5.82 Å². The number of benzene rings is 9. The number of fused-ring (bicyclic) bond motifs is 13. The van der Waals surface area contributed by atoms with E-state index in [9.17, 15) is 0 Å². The lowest BCUT2D eigenvalue weighted by molar-refractivity contribution is 0.729. The second kappa shape index (κ2) is 13.0. The monoisotopic (exact) mass is 754 g/mol. The minimum atomic E-state index is -0.495. The summed E-state index contributed by atoms with van der Waals surface area (Å²) < 4.78 is 0. The van der Waals surface area contributed by atoms with E-state index in [4.69, 9.17) is 9.97 Å². The van der Waals surface area contributed by atoms with E-state index in [2.05, 4.69) is 194 Å². The molecule has 12 rings (SSSR count). The van der Waals surface area contributed by atoms with Crippen molar-refractivity contribution in [3.05, 3.63) is 229 Å². The van der Waals surface area contributed by atoms with Gasteiger partial charge >= 0.3 is 0 Å². The molecule has 0 fully saturated rings. The van der Waals surface area contributed by atoms with Gasteiger partial charge in [-0.3, -0.25) is 0 Å². The van der Waals surface area contributed by atoms with Crippen molar-refractivity contribution in [2.45, 2.75) is 15.2 Å². The fourth-order valence-electron chi connectivity index (χ4n) is 9.58. The highest BCUT2D eigenvalue weighted by molar-refractivity contribution is 8.00. The van der Waals surface area contributed by atoms with Gasteiger partial charge < -0.3 is 0 Å². The second-order valence-corrected chi connectivity index (χ2v) is 16.2. The Morgan fingerprint density at radius 2 is 0.845 bits per heavy atom. The lowest BCUT2D eigenvalue weighted by atomic mass is 9.66. The Labute approximate surface area is 341 Å². The molecule has 2 aliphatic rings. The van der Waals surface area contributed by atoms with E-state index in [1.807, 2.05) is 23.9 Å². The lowest BCUT2D eigenvalue weighted by Gasteiger charge is -2.40. The molecule has 1 spiro atoms. The summed E-state index contributed by atoms with van der Waals surface area (Å²) in [5.41, 5.74) is 14.8. The summed E-state index contributed by atoms with van der Waals surface area (Å²) in [6.45, 7) is 0. The van der Waals surface area contributed by atoms with E-state index >= 15 is 0 Å². The first-order chi connectivity index (χ1) is 28.8. The highest BCUT2D eigenvalue weighted by atomic mass is 32.2. The molecule has 1 aliphatic carbocycles. The fourth-order valence-corrected chi connectivity index (χ4v) is 11.0. The first-order valence-corrected chi connectivity index (χ1v) is 20.6. The van der Waals surface area contributed by atoms with E-state index in [0.29, 0.717) is 5.82 Å². The van der Waals surface area contributed by atoms with Crippen LogP contribution in [-0.4, -0.2) is 9.97 Å². The molecule has 0 saturated heterocycles. The van der Waals surface area contributed by atoms with Crippen LogP contribution in [0.5, 0.6) is 0 Å². The Bertz CT molecular complexity index is 3100. The van der Waals surface area contributed by atoms with Gasteiger partial charge in [-0.25, -0.2) is 9.97 Å². The van der Waals surface area contributed by atoms with E-state index in [-0.39, 0.29) is 0 Å². The number of nitrogens with zero attached hydrogens (tertiary/aromatic N) is 2. The van der Waals surface area contributed by atoms with Gasteiger partial charge in [0.25, 0.3) is 0 Å². The Hall–Kier alpha value is -7.07. The summed E-state index contributed by atoms with van der Waals surface area (Å²) in [6, 6.07) is 75.0. The van der Waals surface area contributed by atoms with Gasteiger partial charge in [-0.1, -0.05) is 212 Å². The lowest BCUT2D eigenvalue weighted by Crippen LogP contribution is -2.32. The van der Waals surface area contributed by atoms with Crippen molar-refractivity contribution >= 4 is 33.3 Å². The third kappa shape index (κ3) is 4.87. The van der Waals surface area contributed by atoms with Crippen LogP contribution < -0.4 is 0 Å². The molecule has 1 aliphatic heterocycles. The van der Waals surface area contributed by atoms with E-state index in [1.54, 1.807) is 0 Å². The zero-order valence-electron chi connectivity index (χ0n) is 31.4. The van der Waals surface area contributed by atoms with Crippen molar-refractivity contribution in [3.63, 3.8) is 0 Å². The van der Waals surface area contributed by atoms with Crippen molar-refractivity contribution in [2.24, 2.45) is 0 Å². The average molecular weight is 755 g/mol. The van der Waals surface area contributed by atoms with Crippen LogP contribution in [0, 0.1) is 0 Å². The van der Waals surface area contributed by atoms with Crippen LogP contribution in [0.1, 0.15) is 22.3 Å². The molecule has 0 N–H and O–H groups in total. The number of hydrogen-bond donors (Lipinski definition) is 0. The van der Waals surface area contributed by atoms with Crippen LogP contribution in [0.2, 0.25) is 0 Å². The Kier molecular flexibility index (Phi) is 7.41. The summed E-state index contributed by atoms with van der Waals surface area (Å²) in [5, 5.41) is 5.13. The molecule has 0 saturated carbocycles. The van der Waals surface area contributed by atoms with Crippen LogP contribution in [0.4, 0.5) is 0 Å². The molecule has 10 aromatic rings. The highest BCUT2D eigenvalue weighted by Gasteiger charge is 2.51. The predicted molar refractivity (Wildman–Crippen MR) is 240 cm³/mol. The van der Waals surface area contributed by atoms with Crippen LogP contribution in [0.25, 0.3) is 77.7 Å². The van der Waals surface area contributed by atoms with Crippen molar-refractivity contribution in [2.75, 3.05) is 0 Å². The van der Waals surface area contributed by atoms with E-state index < -0.39 is 5.41 Å². The largest absolute Gasteiger partial charge is 0.228 e. The molecule has 58 heavy (non-hydrogen) atoms. The van der Waals surface area contributed by atoms with E-state index in [1.165, 1.54) is 70.3 Å². The Balaban J connectivity index is 1.06. The van der Waals surface area contributed by atoms with Gasteiger partial charge in [-0.05, 0) is 72.1 Å². The highest BCUT2D eigenvalue weighted by Crippen LogP contribution is 2.65. The van der Waals surface area contributed by atoms with Gasteiger partial charge in [-0.15, -0.1) is 0 Å².